The van der Waals surface area contributed by atoms with E-state index in [1.165, 1.54) is 22.4 Å². The van der Waals surface area contributed by atoms with Crippen molar-refractivity contribution in [1.29, 1.82) is 0 Å². The lowest BCUT2D eigenvalue weighted by Gasteiger charge is -2.28. The molecule has 0 fully saturated rings. The van der Waals surface area contributed by atoms with Gasteiger partial charge < -0.3 is 14.7 Å². The third kappa shape index (κ3) is 6.53. The fraction of sp³-hybridized carbons (Fsp3) is 0.351. The number of benzene rings is 4. The SMILES string of the molecule is CCc1ccc(OCCCN(C)c2c(C(C)C)cccc2C(C)C)c(-c2cc(C)cc(-c3ccccc3)c2O)c1. The molecule has 0 aliphatic carbocycles. The third-order valence-electron chi connectivity index (χ3n) is 7.70. The Bertz CT molecular complexity index is 1400. The molecule has 0 aliphatic rings. The highest BCUT2D eigenvalue weighted by atomic mass is 16.5. The highest BCUT2D eigenvalue weighted by molar-refractivity contribution is 5.85. The van der Waals surface area contributed by atoms with Crippen LogP contribution in [0, 0.1) is 6.92 Å². The molecule has 1 N–H and O–H groups in total. The highest BCUT2D eigenvalue weighted by Crippen LogP contribution is 2.43. The van der Waals surface area contributed by atoms with Gasteiger partial charge >= 0.3 is 0 Å². The summed E-state index contributed by atoms with van der Waals surface area (Å²) in [6, 6.07) is 27.3. The van der Waals surface area contributed by atoms with E-state index in [2.05, 4.69) is 102 Å². The van der Waals surface area contributed by atoms with E-state index in [0.29, 0.717) is 24.2 Å². The third-order valence-corrected chi connectivity index (χ3v) is 7.70. The number of rotatable bonds is 11. The average molecular weight is 536 g/mol. The van der Waals surface area contributed by atoms with Crippen molar-refractivity contribution < 1.29 is 9.84 Å². The number of aryl methyl sites for hydroxylation is 2. The first-order valence-corrected chi connectivity index (χ1v) is 14.7. The first-order chi connectivity index (χ1) is 19.2. The molecule has 0 unspecified atom stereocenters. The largest absolute Gasteiger partial charge is 0.507 e. The van der Waals surface area contributed by atoms with Gasteiger partial charge in [-0.05, 0) is 83.7 Å². The molecule has 0 bridgehead atoms. The van der Waals surface area contributed by atoms with Crippen LogP contribution in [0.5, 0.6) is 11.5 Å². The van der Waals surface area contributed by atoms with Gasteiger partial charge in [-0.25, -0.2) is 0 Å². The first-order valence-electron chi connectivity index (χ1n) is 14.7. The predicted octanol–water partition coefficient (Wildman–Crippen LogP) is 9.75. The maximum atomic E-state index is 11.5. The molecular formula is C37H45NO2. The average Bonchev–Trinajstić information content (AvgIpc) is 2.96. The van der Waals surface area contributed by atoms with Crippen LogP contribution in [-0.4, -0.2) is 25.3 Å². The minimum absolute atomic E-state index is 0.293. The van der Waals surface area contributed by atoms with Crippen LogP contribution in [0.1, 0.15) is 75.1 Å². The number of ether oxygens (including phenoxy) is 1. The van der Waals surface area contributed by atoms with E-state index < -0.39 is 0 Å². The Kier molecular flexibility index (Phi) is 9.58. The summed E-state index contributed by atoms with van der Waals surface area (Å²) in [5.41, 5.74) is 10.1. The van der Waals surface area contributed by atoms with Crippen molar-refractivity contribution in [3.05, 3.63) is 101 Å². The van der Waals surface area contributed by atoms with Gasteiger partial charge in [0.05, 0.1) is 6.61 Å². The smallest absolute Gasteiger partial charge is 0.131 e. The van der Waals surface area contributed by atoms with Crippen LogP contribution in [0.3, 0.4) is 0 Å². The van der Waals surface area contributed by atoms with Crippen molar-refractivity contribution in [2.75, 3.05) is 25.1 Å². The number of para-hydroxylation sites is 1. The molecule has 0 saturated carbocycles. The van der Waals surface area contributed by atoms with Gasteiger partial charge in [-0.15, -0.1) is 0 Å². The van der Waals surface area contributed by atoms with E-state index >= 15 is 0 Å². The molecule has 0 saturated heterocycles. The summed E-state index contributed by atoms with van der Waals surface area (Å²) < 4.78 is 6.44. The second-order valence-corrected chi connectivity index (χ2v) is 11.5. The van der Waals surface area contributed by atoms with Gasteiger partial charge in [-0.3, -0.25) is 0 Å². The molecule has 4 aromatic rings. The molecule has 3 nitrogen and oxygen atoms in total. The first kappa shape index (κ1) is 29.3. The van der Waals surface area contributed by atoms with E-state index in [-0.39, 0.29) is 0 Å². The summed E-state index contributed by atoms with van der Waals surface area (Å²) in [5, 5.41) is 11.5. The van der Waals surface area contributed by atoms with E-state index in [4.69, 9.17) is 4.74 Å². The zero-order chi connectivity index (χ0) is 28.8. The molecule has 0 amide bonds. The fourth-order valence-electron chi connectivity index (χ4n) is 5.50. The molecule has 0 aromatic heterocycles. The molecule has 0 atom stereocenters. The molecule has 210 valence electrons. The van der Waals surface area contributed by atoms with Crippen molar-refractivity contribution in [2.24, 2.45) is 0 Å². The molecule has 4 rings (SSSR count). The van der Waals surface area contributed by atoms with Crippen LogP contribution < -0.4 is 9.64 Å². The van der Waals surface area contributed by atoms with Crippen LogP contribution >= 0.6 is 0 Å². The number of anilines is 1. The topological polar surface area (TPSA) is 32.7 Å². The lowest BCUT2D eigenvalue weighted by molar-refractivity contribution is 0.313. The van der Waals surface area contributed by atoms with Crippen LogP contribution in [-0.2, 0) is 6.42 Å². The molecular weight excluding hydrogens is 490 g/mol. The van der Waals surface area contributed by atoms with Crippen molar-refractivity contribution in [2.45, 2.75) is 66.2 Å². The number of hydrogen-bond donors (Lipinski definition) is 1. The fourth-order valence-corrected chi connectivity index (χ4v) is 5.50. The van der Waals surface area contributed by atoms with Gasteiger partial charge in [-0.2, -0.15) is 0 Å². The Morgan fingerprint density at radius 2 is 1.43 bits per heavy atom. The van der Waals surface area contributed by atoms with Gasteiger partial charge in [0.2, 0.25) is 0 Å². The number of aromatic hydroxyl groups is 1. The summed E-state index contributed by atoms with van der Waals surface area (Å²) in [7, 11) is 2.20. The van der Waals surface area contributed by atoms with Gasteiger partial charge in [0, 0.05) is 36.0 Å². The van der Waals surface area contributed by atoms with Crippen molar-refractivity contribution in [3.8, 4) is 33.8 Å². The normalized spacial score (nSPS) is 11.3. The monoisotopic (exact) mass is 535 g/mol. The Labute approximate surface area is 241 Å². The quantitative estimate of drug-likeness (QED) is 0.194. The number of phenolic OH excluding ortho intramolecular Hbond substituents is 1. The number of phenols is 1. The lowest BCUT2D eigenvalue weighted by atomic mass is 9.92. The standard InChI is InChI=1S/C37H45NO2/c1-8-28-18-19-35(33(24-28)34-23-27(6)22-32(37(34)39)29-14-10-9-11-15-29)40-21-13-20-38(7)36-30(25(2)3)16-12-17-31(36)26(4)5/h9-12,14-19,22-26,39H,8,13,20-21H2,1-7H3. The Morgan fingerprint density at radius 1 is 0.775 bits per heavy atom. The van der Waals surface area contributed by atoms with Crippen LogP contribution in [0.2, 0.25) is 0 Å². The van der Waals surface area contributed by atoms with Gasteiger partial charge in [0.1, 0.15) is 11.5 Å². The Balaban J connectivity index is 1.57. The molecule has 0 spiro atoms. The maximum Gasteiger partial charge on any atom is 0.131 e. The van der Waals surface area contributed by atoms with Crippen molar-refractivity contribution in [1.82, 2.24) is 0 Å². The van der Waals surface area contributed by atoms with Gasteiger partial charge in [0.15, 0.2) is 0 Å². The minimum Gasteiger partial charge on any atom is -0.507 e. The summed E-state index contributed by atoms with van der Waals surface area (Å²) in [6.07, 6.45) is 1.81. The van der Waals surface area contributed by atoms with Crippen molar-refractivity contribution >= 4 is 5.69 Å². The predicted molar refractivity (Wildman–Crippen MR) is 171 cm³/mol. The van der Waals surface area contributed by atoms with E-state index in [1.54, 1.807) is 0 Å². The van der Waals surface area contributed by atoms with Gasteiger partial charge in [0.25, 0.3) is 0 Å². The number of hydrogen-bond acceptors (Lipinski definition) is 3. The van der Waals surface area contributed by atoms with Crippen molar-refractivity contribution in [3.63, 3.8) is 0 Å². The number of nitrogens with zero attached hydrogens (tertiary/aromatic N) is 1. The molecule has 0 radical (unpaired) electrons. The lowest BCUT2D eigenvalue weighted by Crippen LogP contribution is -2.23. The second-order valence-electron chi connectivity index (χ2n) is 11.5. The second kappa shape index (κ2) is 13.1. The maximum absolute atomic E-state index is 11.5. The summed E-state index contributed by atoms with van der Waals surface area (Å²) >= 11 is 0. The highest BCUT2D eigenvalue weighted by Gasteiger charge is 2.18. The molecule has 3 heteroatoms. The molecule has 0 aliphatic heterocycles. The molecule has 4 aromatic carbocycles. The van der Waals surface area contributed by atoms with Crippen LogP contribution in [0.4, 0.5) is 5.69 Å². The molecule has 0 heterocycles. The van der Waals surface area contributed by atoms with Crippen LogP contribution in [0.25, 0.3) is 22.3 Å². The summed E-state index contributed by atoms with van der Waals surface area (Å²) in [6.45, 7) is 14.8. The zero-order valence-corrected chi connectivity index (χ0v) is 25.3. The van der Waals surface area contributed by atoms with E-state index in [9.17, 15) is 5.11 Å². The van der Waals surface area contributed by atoms with E-state index in [0.717, 1.165) is 53.0 Å². The van der Waals surface area contributed by atoms with Gasteiger partial charge in [-0.1, -0.05) is 89.2 Å². The summed E-state index contributed by atoms with van der Waals surface area (Å²) in [4.78, 5) is 2.40. The minimum atomic E-state index is 0.293. The zero-order valence-electron chi connectivity index (χ0n) is 25.3. The van der Waals surface area contributed by atoms with Crippen LogP contribution in [0.15, 0.2) is 78.9 Å². The molecule has 40 heavy (non-hydrogen) atoms. The Hall–Kier alpha value is -3.72. The summed E-state index contributed by atoms with van der Waals surface area (Å²) in [5.74, 6) is 2.04. The van der Waals surface area contributed by atoms with E-state index in [1.807, 2.05) is 30.3 Å². The Morgan fingerprint density at radius 3 is 2.05 bits per heavy atom.